The summed E-state index contributed by atoms with van der Waals surface area (Å²) in [5, 5.41) is 0.905. The van der Waals surface area contributed by atoms with Crippen LogP contribution in [0.2, 0.25) is 5.15 Å². The molecule has 2 heterocycles. The predicted molar refractivity (Wildman–Crippen MR) is 65.5 cm³/mol. The van der Waals surface area contributed by atoms with E-state index in [1.807, 2.05) is 13.2 Å². The Morgan fingerprint density at radius 1 is 1.38 bits per heavy atom. The van der Waals surface area contributed by atoms with E-state index in [0.29, 0.717) is 21.5 Å². The minimum atomic E-state index is -0.0870. The molecule has 0 bridgehead atoms. The SMILES string of the molecule is CSc1nc(Cl)cc2nc(C)c(C)c(=O)n12. The monoisotopic (exact) mass is 255 g/mol. The molecule has 0 spiro atoms. The van der Waals surface area contributed by atoms with Gasteiger partial charge >= 0.3 is 0 Å². The first-order valence-corrected chi connectivity index (χ1v) is 6.25. The van der Waals surface area contributed by atoms with Crippen LogP contribution in [0, 0.1) is 13.8 Å². The van der Waals surface area contributed by atoms with Gasteiger partial charge in [0.25, 0.3) is 5.56 Å². The lowest BCUT2D eigenvalue weighted by Gasteiger charge is -2.08. The average Bonchev–Trinajstić information content (AvgIpc) is 2.24. The number of thioether (sulfide) groups is 1. The molecule has 4 nitrogen and oxygen atoms in total. The molecule has 0 saturated heterocycles. The van der Waals surface area contributed by atoms with Crippen molar-refractivity contribution in [3.05, 3.63) is 32.8 Å². The first-order chi connectivity index (χ1) is 7.54. The van der Waals surface area contributed by atoms with Gasteiger partial charge in [0.15, 0.2) is 5.16 Å². The van der Waals surface area contributed by atoms with Crippen LogP contribution < -0.4 is 5.56 Å². The first kappa shape index (κ1) is 11.4. The van der Waals surface area contributed by atoms with Crippen LogP contribution in [0.5, 0.6) is 0 Å². The van der Waals surface area contributed by atoms with Gasteiger partial charge in [-0.05, 0) is 20.1 Å². The summed E-state index contributed by atoms with van der Waals surface area (Å²) >= 11 is 7.24. The molecule has 0 radical (unpaired) electrons. The molecule has 0 atom stereocenters. The second-order valence-corrected chi connectivity index (χ2v) is 4.55. The highest BCUT2D eigenvalue weighted by atomic mass is 35.5. The molecule has 0 unspecified atom stereocenters. The normalized spacial score (nSPS) is 11.0. The third-order valence-corrected chi connectivity index (χ3v) is 3.24. The Morgan fingerprint density at radius 3 is 2.69 bits per heavy atom. The highest BCUT2D eigenvalue weighted by molar-refractivity contribution is 7.98. The first-order valence-electron chi connectivity index (χ1n) is 4.65. The Hall–Kier alpha value is -1.07. The third-order valence-electron chi connectivity index (χ3n) is 2.40. The van der Waals surface area contributed by atoms with Crippen molar-refractivity contribution in [2.24, 2.45) is 0 Å². The van der Waals surface area contributed by atoms with Gasteiger partial charge in [0.05, 0.1) is 0 Å². The van der Waals surface area contributed by atoms with Gasteiger partial charge < -0.3 is 0 Å². The summed E-state index contributed by atoms with van der Waals surface area (Å²) in [7, 11) is 0. The molecule has 0 fully saturated rings. The van der Waals surface area contributed by atoms with Crippen LogP contribution in [-0.2, 0) is 0 Å². The molecule has 16 heavy (non-hydrogen) atoms. The van der Waals surface area contributed by atoms with Crippen LogP contribution in [0.4, 0.5) is 0 Å². The molecule has 2 aromatic heterocycles. The van der Waals surface area contributed by atoms with Crippen molar-refractivity contribution >= 4 is 29.0 Å². The van der Waals surface area contributed by atoms with Gasteiger partial charge in [-0.2, -0.15) is 0 Å². The molecule has 2 aromatic rings. The smallest absolute Gasteiger partial charge is 0.263 e. The molecule has 0 aliphatic carbocycles. The summed E-state index contributed by atoms with van der Waals surface area (Å²) in [6.07, 6.45) is 1.85. The Labute approximate surface area is 102 Å². The molecule has 0 aromatic carbocycles. The highest BCUT2D eigenvalue weighted by Crippen LogP contribution is 2.17. The van der Waals surface area contributed by atoms with Gasteiger partial charge in [-0.1, -0.05) is 23.4 Å². The minimum absolute atomic E-state index is 0.0870. The van der Waals surface area contributed by atoms with Crippen LogP contribution in [0.1, 0.15) is 11.3 Å². The summed E-state index contributed by atoms with van der Waals surface area (Å²) in [6, 6.07) is 1.59. The van der Waals surface area contributed by atoms with Gasteiger partial charge in [-0.15, -0.1) is 0 Å². The number of halogens is 1. The van der Waals surface area contributed by atoms with Gasteiger partial charge in [0.2, 0.25) is 0 Å². The molecule has 0 aliphatic heterocycles. The van der Waals surface area contributed by atoms with E-state index in [1.54, 1.807) is 13.0 Å². The number of aryl methyl sites for hydroxylation is 1. The summed E-state index contributed by atoms with van der Waals surface area (Å²) in [6.45, 7) is 3.57. The van der Waals surface area contributed by atoms with Crippen molar-refractivity contribution < 1.29 is 0 Å². The molecular formula is C10H10ClN3OS. The molecular weight excluding hydrogens is 246 g/mol. The quantitative estimate of drug-likeness (QED) is 0.445. The average molecular weight is 256 g/mol. The van der Waals surface area contributed by atoms with E-state index in [4.69, 9.17) is 11.6 Å². The zero-order valence-corrected chi connectivity index (χ0v) is 10.7. The van der Waals surface area contributed by atoms with Crippen molar-refractivity contribution in [1.82, 2.24) is 14.4 Å². The molecule has 0 N–H and O–H groups in total. The van der Waals surface area contributed by atoms with E-state index in [2.05, 4.69) is 9.97 Å². The number of hydrogen-bond acceptors (Lipinski definition) is 4. The summed E-state index contributed by atoms with van der Waals surface area (Å²) in [4.78, 5) is 20.5. The van der Waals surface area contributed by atoms with E-state index < -0.39 is 0 Å². The predicted octanol–water partition coefficient (Wildman–Crippen LogP) is 2.08. The molecule has 2 rings (SSSR count). The van der Waals surface area contributed by atoms with Crippen molar-refractivity contribution in [1.29, 1.82) is 0 Å². The Morgan fingerprint density at radius 2 is 2.06 bits per heavy atom. The zero-order chi connectivity index (χ0) is 11.9. The molecule has 0 amide bonds. The van der Waals surface area contributed by atoms with E-state index >= 15 is 0 Å². The topological polar surface area (TPSA) is 47.3 Å². The van der Waals surface area contributed by atoms with Crippen LogP contribution in [-0.4, -0.2) is 20.6 Å². The minimum Gasteiger partial charge on any atom is -0.268 e. The van der Waals surface area contributed by atoms with E-state index in [1.165, 1.54) is 16.2 Å². The van der Waals surface area contributed by atoms with E-state index in [9.17, 15) is 4.79 Å². The summed E-state index contributed by atoms with van der Waals surface area (Å²) in [5.74, 6) is 0. The lowest BCUT2D eigenvalue weighted by atomic mass is 10.3. The summed E-state index contributed by atoms with van der Waals surface area (Å²) in [5.41, 5.74) is 1.81. The van der Waals surface area contributed by atoms with E-state index in [-0.39, 0.29) is 5.56 Å². The number of rotatable bonds is 1. The van der Waals surface area contributed by atoms with Crippen LogP contribution in [0.3, 0.4) is 0 Å². The lowest BCUT2D eigenvalue weighted by Crippen LogP contribution is -2.21. The maximum absolute atomic E-state index is 12.1. The standard InChI is InChI=1S/C10H10ClN3OS/c1-5-6(2)12-8-4-7(11)13-10(16-3)14(8)9(5)15/h4H,1-3H3. The van der Waals surface area contributed by atoms with Crippen molar-refractivity contribution in [2.75, 3.05) is 6.26 Å². The Kier molecular flexibility index (Phi) is 2.90. The fraction of sp³-hybridized carbons (Fsp3) is 0.300. The maximum Gasteiger partial charge on any atom is 0.263 e. The number of nitrogens with zero attached hydrogens (tertiary/aromatic N) is 3. The Balaban J connectivity index is 3.01. The van der Waals surface area contributed by atoms with Crippen LogP contribution in [0.25, 0.3) is 5.65 Å². The van der Waals surface area contributed by atoms with Gasteiger partial charge in [-0.3, -0.25) is 4.79 Å². The van der Waals surface area contributed by atoms with Gasteiger partial charge in [0, 0.05) is 17.3 Å². The van der Waals surface area contributed by atoms with Gasteiger partial charge in [0.1, 0.15) is 10.8 Å². The van der Waals surface area contributed by atoms with Crippen LogP contribution in [0.15, 0.2) is 16.0 Å². The molecule has 84 valence electrons. The molecule has 6 heteroatoms. The second-order valence-electron chi connectivity index (χ2n) is 3.39. The maximum atomic E-state index is 12.1. The zero-order valence-electron chi connectivity index (χ0n) is 9.11. The highest BCUT2D eigenvalue weighted by Gasteiger charge is 2.10. The molecule has 0 saturated carbocycles. The summed E-state index contributed by atoms with van der Waals surface area (Å²) < 4.78 is 1.48. The van der Waals surface area contributed by atoms with Crippen LogP contribution >= 0.6 is 23.4 Å². The number of aromatic nitrogens is 3. The fourth-order valence-corrected chi connectivity index (χ4v) is 2.21. The lowest BCUT2D eigenvalue weighted by molar-refractivity contribution is 0.833. The van der Waals surface area contributed by atoms with Gasteiger partial charge in [-0.25, -0.2) is 14.4 Å². The Bertz CT molecular complexity index is 623. The van der Waals surface area contributed by atoms with Crippen molar-refractivity contribution in [3.8, 4) is 0 Å². The van der Waals surface area contributed by atoms with Crippen molar-refractivity contribution in [2.45, 2.75) is 19.0 Å². The fourth-order valence-electron chi connectivity index (χ4n) is 1.43. The number of fused-ring (bicyclic) bond motifs is 1. The van der Waals surface area contributed by atoms with Crippen molar-refractivity contribution in [3.63, 3.8) is 0 Å². The number of hydrogen-bond donors (Lipinski definition) is 0. The largest absolute Gasteiger partial charge is 0.268 e. The van der Waals surface area contributed by atoms with E-state index in [0.717, 1.165) is 5.69 Å². The molecule has 0 aliphatic rings. The third kappa shape index (κ3) is 1.70. The second kappa shape index (κ2) is 4.07.